The molecule has 21 heavy (non-hydrogen) atoms. The molecule has 1 unspecified atom stereocenters. The van der Waals surface area contributed by atoms with Crippen LogP contribution in [0.5, 0.6) is 0 Å². The van der Waals surface area contributed by atoms with Gasteiger partial charge in [0, 0.05) is 20.3 Å². The van der Waals surface area contributed by atoms with Crippen molar-refractivity contribution in [3.05, 3.63) is 81.8 Å². The van der Waals surface area contributed by atoms with E-state index >= 15 is 0 Å². The van der Waals surface area contributed by atoms with Gasteiger partial charge >= 0.3 is 0 Å². The molecule has 2 aromatic carbocycles. The van der Waals surface area contributed by atoms with E-state index in [-0.39, 0.29) is 0 Å². The fourth-order valence-electron chi connectivity index (χ4n) is 2.50. The van der Waals surface area contributed by atoms with Crippen LogP contribution in [0.3, 0.4) is 0 Å². The van der Waals surface area contributed by atoms with Gasteiger partial charge in [-0.15, -0.1) is 0 Å². The van der Waals surface area contributed by atoms with Crippen LogP contribution in [0, 0.1) is 0 Å². The van der Waals surface area contributed by atoms with E-state index in [0.29, 0.717) is 6.04 Å². The predicted octanol–water partition coefficient (Wildman–Crippen LogP) is 6.19. The zero-order valence-electron chi connectivity index (χ0n) is 11.4. The summed E-state index contributed by atoms with van der Waals surface area (Å²) in [5, 5.41) is 0. The van der Waals surface area contributed by atoms with E-state index in [1.54, 1.807) is 0 Å². The fraction of sp³-hybridized carbons (Fsp3) is 0.111. The van der Waals surface area contributed by atoms with Crippen molar-refractivity contribution in [1.82, 2.24) is 0 Å². The molecule has 1 aliphatic carbocycles. The second-order valence-corrected chi connectivity index (χ2v) is 6.76. The Labute approximate surface area is 142 Å². The monoisotopic (exact) mass is 403 g/mol. The summed E-state index contributed by atoms with van der Waals surface area (Å²) in [6, 6.07) is 19.3. The number of hydrogen-bond donors (Lipinski definition) is 0. The lowest BCUT2D eigenvalue weighted by Gasteiger charge is -2.33. The highest BCUT2D eigenvalue weighted by molar-refractivity contribution is 9.12. The molecule has 1 nitrogen and oxygen atoms in total. The maximum absolute atomic E-state index is 3.54. The van der Waals surface area contributed by atoms with Gasteiger partial charge in [-0.3, -0.25) is 0 Å². The lowest BCUT2D eigenvalue weighted by Crippen LogP contribution is -2.29. The summed E-state index contributed by atoms with van der Waals surface area (Å²) >= 11 is 7.04. The molecule has 0 saturated carbocycles. The van der Waals surface area contributed by atoms with Crippen molar-refractivity contribution < 1.29 is 0 Å². The highest BCUT2D eigenvalue weighted by atomic mass is 79.9. The Morgan fingerprint density at radius 3 is 2.14 bits per heavy atom. The Bertz CT molecular complexity index is 659. The van der Waals surface area contributed by atoms with Crippen molar-refractivity contribution in [3.8, 4) is 0 Å². The molecule has 2 aromatic rings. The second-order valence-electron chi connectivity index (χ2n) is 4.93. The molecule has 1 aliphatic rings. The molecule has 0 N–H and O–H groups in total. The van der Waals surface area contributed by atoms with Crippen LogP contribution in [0.1, 0.15) is 6.42 Å². The largest absolute Gasteiger partial charge is 0.334 e. The van der Waals surface area contributed by atoms with Gasteiger partial charge in [-0.05, 0) is 42.8 Å². The van der Waals surface area contributed by atoms with Crippen molar-refractivity contribution in [1.29, 1.82) is 0 Å². The first kappa shape index (κ1) is 14.6. The van der Waals surface area contributed by atoms with Gasteiger partial charge in [-0.25, -0.2) is 0 Å². The number of halogens is 2. The van der Waals surface area contributed by atoms with E-state index in [4.69, 9.17) is 0 Å². The molecule has 1 atom stereocenters. The number of anilines is 2. The number of nitrogens with zero attached hydrogens (tertiary/aromatic N) is 1. The molecule has 0 fully saturated rings. The van der Waals surface area contributed by atoms with Crippen molar-refractivity contribution in [2.75, 3.05) is 4.90 Å². The maximum atomic E-state index is 3.54. The summed E-state index contributed by atoms with van der Waals surface area (Å²) in [6.07, 6.45) is 7.59. The molecule has 0 radical (unpaired) electrons. The summed E-state index contributed by atoms with van der Waals surface area (Å²) < 4.78 is 2.25. The van der Waals surface area contributed by atoms with E-state index in [2.05, 4.69) is 110 Å². The topological polar surface area (TPSA) is 3.24 Å². The molecule has 0 heterocycles. The maximum Gasteiger partial charge on any atom is 0.0560 e. The van der Waals surface area contributed by atoms with Crippen molar-refractivity contribution >= 4 is 43.2 Å². The Morgan fingerprint density at radius 2 is 1.52 bits per heavy atom. The third kappa shape index (κ3) is 3.47. The molecular formula is C18H15Br2N. The van der Waals surface area contributed by atoms with Crippen LogP contribution in [-0.2, 0) is 0 Å². The third-order valence-corrected chi connectivity index (χ3v) is 4.62. The van der Waals surface area contributed by atoms with Gasteiger partial charge in [0.15, 0.2) is 0 Å². The molecule has 0 spiro atoms. The van der Waals surface area contributed by atoms with E-state index in [0.717, 1.165) is 15.4 Å². The van der Waals surface area contributed by atoms with Crippen LogP contribution in [-0.4, -0.2) is 6.04 Å². The first-order valence-corrected chi connectivity index (χ1v) is 8.46. The van der Waals surface area contributed by atoms with Crippen LogP contribution in [0.2, 0.25) is 0 Å². The minimum Gasteiger partial charge on any atom is -0.334 e. The first-order chi connectivity index (χ1) is 10.2. The first-order valence-electron chi connectivity index (χ1n) is 6.88. The summed E-state index contributed by atoms with van der Waals surface area (Å²) in [5.41, 5.74) is 2.41. The molecule has 0 aliphatic heterocycles. The SMILES string of the molecule is BrC1=CCC(N(c2ccccc2)c2ccc(Br)cc2)C=C1. The minimum absolute atomic E-state index is 0.329. The lowest BCUT2D eigenvalue weighted by atomic mass is 10.0. The Hall–Kier alpha value is -1.32. The number of allylic oxidation sites excluding steroid dienone is 2. The average Bonchev–Trinajstić information content (AvgIpc) is 2.52. The lowest BCUT2D eigenvalue weighted by molar-refractivity contribution is 0.784. The van der Waals surface area contributed by atoms with E-state index in [1.807, 2.05) is 0 Å². The van der Waals surface area contributed by atoms with Crippen molar-refractivity contribution in [2.45, 2.75) is 12.5 Å². The summed E-state index contributed by atoms with van der Waals surface area (Å²) in [5.74, 6) is 0. The van der Waals surface area contributed by atoms with Crippen molar-refractivity contribution in [2.24, 2.45) is 0 Å². The normalized spacial score (nSPS) is 17.4. The molecule has 3 heteroatoms. The summed E-state index contributed by atoms with van der Waals surface area (Å²) in [4.78, 5) is 2.37. The Balaban J connectivity index is 1.99. The molecule has 0 bridgehead atoms. The number of hydrogen-bond acceptors (Lipinski definition) is 1. The summed E-state index contributed by atoms with van der Waals surface area (Å²) in [6.45, 7) is 0. The Kier molecular flexibility index (Phi) is 4.61. The number of rotatable bonds is 3. The molecule has 0 aromatic heterocycles. The smallest absolute Gasteiger partial charge is 0.0560 e. The number of para-hydroxylation sites is 1. The van der Waals surface area contributed by atoms with Gasteiger partial charge in [0.1, 0.15) is 0 Å². The standard InChI is InChI=1S/C18H15Br2N/c19-14-6-10-17(11-7-14)21(16-4-2-1-3-5-16)18-12-8-15(20)9-13-18/h1-12,18H,13H2. The zero-order valence-corrected chi connectivity index (χ0v) is 14.6. The highest BCUT2D eigenvalue weighted by Gasteiger charge is 2.19. The van der Waals surface area contributed by atoms with Crippen LogP contribution in [0.15, 0.2) is 81.8 Å². The van der Waals surface area contributed by atoms with Crippen LogP contribution >= 0.6 is 31.9 Å². The predicted molar refractivity (Wildman–Crippen MR) is 97.3 cm³/mol. The molecular weight excluding hydrogens is 390 g/mol. The van der Waals surface area contributed by atoms with Gasteiger partial charge in [0.2, 0.25) is 0 Å². The fourth-order valence-corrected chi connectivity index (χ4v) is 3.10. The molecule has 3 rings (SSSR count). The quantitative estimate of drug-likeness (QED) is 0.588. The zero-order chi connectivity index (χ0) is 14.7. The van der Waals surface area contributed by atoms with E-state index in [1.165, 1.54) is 11.4 Å². The second kappa shape index (κ2) is 6.63. The van der Waals surface area contributed by atoms with Gasteiger partial charge in [0.25, 0.3) is 0 Å². The minimum atomic E-state index is 0.329. The third-order valence-electron chi connectivity index (χ3n) is 3.50. The molecule has 0 saturated heterocycles. The molecule has 106 valence electrons. The number of benzene rings is 2. The van der Waals surface area contributed by atoms with Crippen LogP contribution in [0.4, 0.5) is 11.4 Å². The van der Waals surface area contributed by atoms with Crippen LogP contribution < -0.4 is 4.90 Å². The van der Waals surface area contributed by atoms with E-state index < -0.39 is 0 Å². The van der Waals surface area contributed by atoms with Gasteiger partial charge < -0.3 is 4.90 Å². The van der Waals surface area contributed by atoms with E-state index in [9.17, 15) is 0 Å². The van der Waals surface area contributed by atoms with Gasteiger partial charge in [-0.2, -0.15) is 0 Å². The highest BCUT2D eigenvalue weighted by Crippen LogP contribution is 2.32. The van der Waals surface area contributed by atoms with Crippen molar-refractivity contribution in [3.63, 3.8) is 0 Å². The van der Waals surface area contributed by atoms with Gasteiger partial charge in [0.05, 0.1) is 6.04 Å². The molecule has 0 amide bonds. The van der Waals surface area contributed by atoms with Crippen LogP contribution in [0.25, 0.3) is 0 Å². The Morgan fingerprint density at radius 1 is 0.857 bits per heavy atom. The summed E-state index contributed by atoms with van der Waals surface area (Å²) in [7, 11) is 0. The average molecular weight is 405 g/mol. The van der Waals surface area contributed by atoms with Gasteiger partial charge in [-0.1, -0.05) is 68.3 Å².